The number of methoxy groups -OCH3 is 1. The Morgan fingerprint density at radius 2 is 1.79 bits per heavy atom. The summed E-state index contributed by atoms with van der Waals surface area (Å²) < 4.78 is 6.81. The number of rotatable bonds is 4. The van der Waals surface area contributed by atoms with Crippen LogP contribution in [-0.4, -0.2) is 28.9 Å². The van der Waals surface area contributed by atoms with E-state index in [1.807, 2.05) is 12.1 Å². The molecule has 1 aliphatic heterocycles. The normalized spacial score (nSPS) is 17.5. The van der Waals surface area contributed by atoms with Crippen LogP contribution in [-0.2, 0) is 9.59 Å². The third kappa shape index (κ3) is 3.87. The molecule has 0 spiro atoms. The fourth-order valence-electron chi connectivity index (χ4n) is 3.88. The number of carbonyl (C=O) groups is 2. The molecule has 0 aliphatic carbocycles. The first-order valence-electron chi connectivity index (χ1n) is 10.1. The van der Waals surface area contributed by atoms with Gasteiger partial charge in [0.05, 0.1) is 28.9 Å². The third-order valence-corrected chi connectivity index (χ3v) is 7.32. The van der Waals surface area contributed by atoms with Gasteiger partial charge in [-0.1, -0.05) is 51.0 Å². The van der Waals surface area contributed by atoms with Crippen molar-refractivity contribution in [2.45, 2.75) is 6.04 Å². The Morgan fingerprint density at radius 1 is 1.09 bits per heavy atom. The molecule has 4 aromatic rings. The highest BCUT2D eigenvalue weighted by Crippen LogP contribution is 2.44. The van der Waals surface area contributed by atoms with E-state index in [1.54, 1.807) is 61.7 Å². The maximum Gasteiger partial charge on any atom is 0.301 e. The molecule has 170 valence electrons. The highest BCUT2D eigenvalue weighted by molar-refractivity contribution is 9.10. The number of ether oxygens (including phenoxy) is 1. The van der Waals surface area contributed by atoms with Crippen LogP contribution in [0.2, 0.25) is 5.02 Å². The first kappa shape index (κ1) is 22.6. The minimum Gasteiger partial charge on any atom is -0.507 e. The Balaban J connectivity index is 1.71. The second-order valence-corrected chi connectivity index (χ2v) is 9.92. The average molecular weight is 556 g/mol. The molecule has 0 radical (unpaired) electrons. The van der Waals surface area contributed by atoms with E-state index in [9.17, 15) is 14.7 Å². The summed E-state index contributed by atoms with van der Waals surface area (Å²) in [5.74, 6) is -1.19. The molecule has 6 nitrogen and oxygen atoms in total. The third-order valence-electron chi connectivity index (χ3n) is 5.54. The van der Waals surface area contributed by atoms with Gasteiger partial charge in [-0.25, -0.2) is 4.98 Å². The van der Waals surface area contributed by atoms with Gasteiger partial charge in [-0.15, -0.1) is 0 Å². The number of aliphatic hydroxyl groups excluding tert-OH is 1. The quantitative estimate of drug-likeness (QED) is 0.180. The lowest BCUT2D eigenvalue weighted by molar-refractivity contribution is -0.132. The number of Topliss-reactive ketones (excluding diaryl/α,β-unsaturated/α-hetero) is 1. The maximum absolute atomic E-state index is 13.3. The fraction of sp³-hybridized carbons (Fsp3) is 0.0800. The lowest BCUT2D eigenvalue weighted by atomic mass is 9.95. The maximum atomic E-state index is 13.3. The Kier molecular flexibility index (Phi) is 5.89. The Morgan fingerprint density at radius 3 is 2.47 bits per heavy atom. The molecule has 1 saturated heterocycles. The van der Waals surface area contributed by atoms with Crippen molar-refractivity contribution in [3.05, 3.63) is 92.9 Å². The van der Waals surface area contributed by atoms with E-state index in [0.29, 0.717) is 32.5 Å². The van der Waals surface area contributed by atoms with Crippen LogP contribution in [0.25, 0.3) is 16.0 Å². The average Bonchev–Trinajstić information content (AvgIpc) is 3.37. The van der Waals surface area contributed by atoms with Gasteiger partial charge in [0.1, 0.15) is 11.5 Å². The predicted molar refractivity (Wildman–Crippen MR) is 137 cm³/mol. The fourth-order valence-corrected chi connectivity index (χ4v) is 5.42. The minimum absolute atomic E-state index is 0.00484. The number of nitrogens with zero attached hydrogens (tertiary/aromatic N) is 2. The van der Waals surface area contributed by atoms with Gasteiger partial charge in [-0.05, 0) is 60.2 Å². The van der Waals surface area contributed by atoms with Gasteiger partial charge in [0.15, 0.2) is 5.13 Å². The van der Waals surface area contributed by atoms with Crippen molar-refractivity contribution in [1.82, 2.24) is 4.98 Å². The van der Waals surface area contributed by atoms with E-state index in [1.165, 1.54) is 16.2 Å². The molecule has 1 N–H and O–H groups in total. The largest absolute Gasteiger partial charge is 0.507 e. The zero-order valence-electron chi connectivity index (χ0n) is 17.7. The van der Waals surface area contributed by atoms with Crippen molar-refractivity contribution in [3.8, 4) is 5.75 Å². The van der Waals surface area contributed by atoms with Gasteiger partial charge >= 0.3 is 5.91 Å². The van der Waals surface area contributed by atoms with E-state index in [0.717, 1.165) is 9.17 Å². The van der Waals surface area contributed by atoms with Crippen molar-refractivity contribution in [2.24, 2.45) is 0 Å². The summed E-state index contributed by atoms with van der Waals surface area (Å²) in [6.45, 7) is 0. The van der Waals surface area contributed by atoms with E-state index >= 15 is 0 Å². The van der Waals surface area contributed by atoms with Crippen LogP contribution >= 0.6 is 38.9 Å². The second-order valence-electron chi connectivity index (χ2n) is 7.56. The summed E-state index contributed by atoms with van der Waals surface area (Å²) >= 11 is 10.8. The van der Waals surface area contributed by atoms with Crippen LogP contribution in [0.15, 0.2) is 76.8 Å². The summed E-state index contributed by atoms with van der Waals surface area (Å²) in [7, 11) is 1.54. The molecule has 1 aromatic heterocycles. The molecular weight excluding hydrogens is 540 g/mol. The Hall–Kier alpha value is -3.20. The van der Waals surface area contributed by atoms with Crippen molar-refractivity contribution in [1.29, 1.82) is 0 Å². The monoisotopic (exact) mass is 554 g/mol. The molecule has 9 heteroatoms. The highest BCUT2D eigenvalue weighted by atomic mass is 79.9. The number of halogens is 2. The molecular formula is C25H16BrClN2O4S. The Labute approximate surface area is 212 Å². The van der Waals surface area contributed by atoms with E-state index in [-0.39, 0.29) is 11.3 Å². The number of benzene rings is 3. The van der Waals surface area contributed by atoms with Crippen LogP contribution in [0.5, 0.6) is 5.75 Å². The molecule has 1 amide bonds. The standard InChI is InChI=1S/C25H16BrClN2O4S/c1-33-17-9-4-14(5-10-17)22(30)20-21(13-2-6-15(26)7-3-13)29(24(32)23(20)31)25-28-18-11-8-16(27)12-19(18)34-25/h2-12,21,30H,1H3. The molecule has 0 bridgehead atoms. The molecule has 5 rings (SSSR count). The van der Waals surface area contributed by atoms with E-state index in [4.69, 9.17) is 16.3 Å². The first-order valence-corrected chi connectivity index (χ1v) is 12.1. The van der Waals surface area contributed by atoms with Crippen molar-refractivity contribution >= 4 is 71.7 Å². The molecule has 0 saturated carbocycles. The number of aliphatic hydroxyl groups is 1. The van der Waals surface area contributed by atoms with Crippen molar-refractivity contribution in [3.63, 3.8) is 0 Å². The summed E-state index contributed by atoms with van der Waals surface area (Å²) in [5.41, 5.74) is 1.72. The number of fused-ring (bicyclic) bond motifs is 1. The van der Waals surface area contributed by atoms with E-state index < -0.39 is 17.7 Å². The van der Waals surface area contributed by atoms with Gasteiger partial charge in [-0.2, -0.15) is 0 Å². The molecule has 1 atom stereocenters. The van der Waals surface area contributed by atoms with Crippen molar-refractivity contribution < 1.29 is 19.4 Å². The number of amides is 1. The predicted octanol–water partition coefficient (Wildman–Crippen LogP) is 6.35. The lowest BCUT2D eigenvalue weighted by Crippen LogP contribution is -2.29. The molecule has 1 unspecified atom stereocenters. The van der Waals surface area contributed by atoms with Crippen LogP contribution < -0.4 is 9.64 Å². The van der Waals surface area contributed by atoms with Crippen LogP contribution in [0, 0.1) is 0 Å². The van der Waals surface area contributed by atoms with Crippen LogP contribution in [0.1, 0.15) is 17.2 Å². The number of anilines is 1. The smallest absolute Gasteiger partial charge is 0.301 e. The van der Waals surface area contributed by atoms with Gasteiger partial charge < -0.3 is 9.84 Å². The number of thiazole rings is 1. The SMILES string of the molecule is COc1ccc(C(O)=C2C(=O)C(=O)N(c3nc4ccc(Cl)cc4s3)C2c2ccc(Br)cc2)cc1. The molecule has 34 heavy (non-hydrogen) atoms. The van der Waals surface area contributed by atoms with Crippen LogP contribution in [0.4, 0.5) is 5.13 Å². The topological polar surface area (TPSA) is 79.7 Å². The van der Waals surface area contributed by atoms with Gasteiger partial charge in [-0.3, -0.25) is 14.5 Å². The van der Waals surface area contributed by atoms with Gasteiger partial charge in [0.2, 0.25) is 0 Å². The number of hydrogen-bond acceptors (Lipinski definition) is 6. The summed E-state index contributed by atoms with van der Waals surface area (Å²) in [6, 6.07) is 18.3. The molecule has 1 fully saturated rings. The summed E-state index contributed by atoms with van der Waals surface area (Å²) in [6.07, 6.45) is 0. The molecule has 1 aliphatic rings. The zero-order valence-corrected chi connectivity index (χ0v) is 20.8. The minimum atomic E-state index is -0.855. The second kappa shape index (κ2) is 8.87. The van der Waals surface area contributed by atoms with Gasteiger partial charge in [0.25, 0.3) is 5.78 Å². The Bertz CT molecular complexity index is 1460. The summed E-state index contributed by atoms with van der Waals surface area (Å²) in [4.78, 5) is 32.5. The van der Waals surface area contributed by atoms with E-state index in [2.05, 4.69) is 20.9 Å². The lowest BCUT2D eigenvalue weighted by Gasteiger charge is -2.23. The first-order chi connectivity index (χ1) is 16.4. The molecule has 2 heterocycles. The number of aromatic nitrogens is 1. The number of ketones is 1. The van der Waals surface area contributed by atoms with Gasteiger partial charge in [0, 0.05) is 15.1 Å². The number of carbonyl (C=O) groups excluding carboxylic acids is 2. The zero-order chi connectivity index (χ0) is 24.0. The molecule has 3 aromatic carbocycles. The van der Waals surface area contributed by atoms with Crippen molar-refractivity contribution in [2.75, 3.05) is 12.0 Å². The highest BCUT2D eigenvalue weighted by Gasteiger charge is 2.48. The summed E-state index contributed by atoms with van der Waals surface area (Å²) in [5, 5.41) is 12.1. The van der Waals surface area contributed by atoms with Crippen LogP contribution in [0.3, 0.4) is 0 Å². The number of hydrogen-bond donors (Lipinski definition) is 1.